The fourth-order valence-corrected chi connectivity index (χ4v) is 2.67. The number of aryl methyl sites for hydroxylation is 1. The maximum Gasteiger partial charge on any atom is 0.326 e. The van der Waals surface area contributed by atoms with Crippen LogP contribution in [0.5, 0.6) is 0 Å². The molecule has 2 heterocycles. The van der Waals surface area contributed by atoms with Gasteiger partial charge >= 0.3 is 5.97 Å². The third kappa shape index (κ3) is 3.07. The Morgan fingerprint density at radius 3 is 2.81 bits per heavy atom. The van der Waals surface area contributed by atoms with Gasteiger partial charge in [0.05, 0.1) is 17.9 Å². The zero-order chi connectivity index (χ0) is 15.6. The normalized spacial score (nSPS) is 22.3. The summed E-state index contributed by atoms with van der Waals surface area (Å²) < 4.78 is 1.75. The topological polar surface area (TPSA) is 95.7 Å². The molecule has 2 N–H and O–H groups in total. The van der Waals surface area contributed by atoms with Crippen LogP contribution in [0.3, 0.4) is 0 Å². The maximum absolute atomic E-state index is 12.6. The Hall–Kier alpha value is -1.89. The molecule has 21 heavy (non-hydrogen) atoms. The van der Waals surface area contributed by atoms with Crippen molar-refractivity contribution in [3.05, 3.63) is 17.5 Å². The van der Waals surface area contributed by atoms with E-state index in [0.29, 0.717) is 12.0 Å². The van der Waals surface area contributed by atoms with Gasteiger partial charge < -0.3 is 15.1 Å². The molecule has 0 aromatic carbocycles. The number of aromatic nitrogens is 2. The lowest BCUT2D eigenvalue weighted by molar-refractivity contribution is -0.145. The zero-order valence-corrected chi connectivity index (χ0v) is 12.3. The van der Waals surface area contributed by atoms with Crippen molar-refractivity contribution in [2.75, 3.05) is 6.54 Å². The molecule has 1 fully saturated rings. The number of aliphatic hydroxyl groups excluding tert-OH is 1. The monoisotopic (exact) mass is 295 g/mol. The van der Waals surface area contributed by atoms with E-state index in [-0.39, 0.29) is 18.9 Å². The lowest BCUT2D eigenvalue weighted by Crippen LogP contribution is -2.51. The van der Waals surface area contributed by atoms with E-state index in [4.69, 9.17) is 0 Å². The van der Waals surface area contributed by atoms with Crippen molar-refractivity contribution in [1.29, 1.82) is 0 Å². The summed E-state index contributed by atoms with van der Waals surface area (Å²) in [6, 6.07) is -0.977. The number of carboxylic acids is 1. The van der Waals surface area contributed by atoms with Crippen LogP contribution in [0.15, 0.2) is 6.20 Å². The Bertz CT molecular complexity index is 540. The van der Waals surface area contributed by atoms with Gasteiger partial charge in [-0.25, -0.2) is 4.79 Å². The highest BCUT2D eigenvalue weighted by Crippen LogP contribution is 2.21. The second-order valence-electron chi connectivity index (χ2n) is 5.40. The number of piperidine rings is 1. The molecule has 2 rings (SSSR count). The molecular formula is C14H21N3O4. The van der Waals surface area contributed by atoms with E-state index in [1.807, 2.05) is 13.8 Å². The number of amides is 1. The Kier molecular flexibility index (Phi) is 4.62. The van der Waals surface area contributed by atoms with Crippen LogP contribution in [0.1, 0.15) is 42.2 Å². The van der Waals surface area contributed by atoms with Crippen molar-refractivity contribution in [2.24, 2.45) is 0 Å². The van der Waals surface area contributed by atoms with Crippen LogP contribution in [-0.4, -0.2) is 55.5 Å². The Labute approximate surface area is 123 Å². The van der Waals surface area contributed by atoms with Crippen molar-refractivity contribution in [3.8, 4) is 0 Å². The number of aliphatic hydroxyl groups is 1. The number of aliphatic carboxylic acids is 1. The summed E-state index contributed by atoms with van der Waals surface area (Å²) in [6.45, 7) is 4.80. The molecule has 1 aliphatic rings. The maximum atomic E-state index is 12.6. The summed E-state index contributed by atoms with van der Waals surface area (Å²) in [7, 11) is 0. The lowest BCUT2D eigenvalue weighted by atomic mass is 9.98. The standard InChI is InChI=1S/C14H21N3O4/c1-3-5-17-9(2)11(8-15-17)13(19)16-6-4-10(18)7-12(16)14(20)21/h8,10,12,18H,3-7H2,1-2H3,(H,20,21)/t10-,12+/m0/s1. The van der Waals surface area contributed by atoms with E-state index in [1.165, 1.54) is 11.1 Å². The molecule has 116 valence electrons. The first-order chi connectivity index (χ1) is 9.95. The molecule has 7 heteroatoms. The average Bonchev–Trinajstić information content (AvgIpc) is 2.80. The number of likely N-dealkylation sites (tertiary alicyclic amines) is 1. The molecule has 2 atom stereocenters. The van der Waals surface area contributed by atoms with Gasteiger partial charge in [-0.2, -0.15) is 5.10 Å². The molecule has 0 bridgehead atoms. The van der Waals surface area contributed by atoms with Crippen molar-refractivity contribution >= 4 is 11.9 Å². The molecular weight excluding hydrogens is 274 g/mol. The molecule has 0 radical (unpaired) electrons. The smallest absolute Gasteiger partial charge is 0.326 e. The van der Waals surface area contributed by atoms with Crippen LogP contribution in [0.25, 0.3) is 0 Å². The molecule has 1 aromatic rings. The molecule has 1 saturated heterocycles. The number of carbonyl (C=O) groups is 2. The van der Waals surface area contributed by atoms with Crippen LogP contribution >= 0.6 is 0 Å². The molecule has 1 aliphatic heterocycles. The number of nitrogens with zero attached hydrogens (tertiary/aromatic N) is 3. The average molecular weight is 295 g/mol. The third-order valence-electron chi connectivity index (χ3n) is 3.89. The fraction of sp³-hybridized carbons (Fsp3) is 0.643. The molecule has 0 unspecified atom stereocenters. The van der Waals surface area contributed by atoms with E-state index in [0.717, 1.165) is 18.7 Å². The number of carbonyl (C=O) groups excluding carboxylic acids is 1. The van der Waals surface area contributed by atoms with E-state index in [2.05, 4.69) is 5.10 Å². The summed E-state index contributed by atoms with van der Waals surface area (Å²) in [4.78, 5) is 25.2. The zero-order valence-electron chi connectivity index (χ0n) is 12.3. The van der Waals surface area contributed by atoms with Gasteiger partial charge in [-0.15, -0.1) is 0 Å². The summed E-state index contributed by atoms with van der Waals surface area (Å²) in [5.41, 5.74) is 1.18. The van der Waals surface area contributed by atoms with Crippen molar-refractivity contribution in [3.63, 3.8) is 0 Å². The second-order valence-corrected chi connectivity index (χ2v) is 5.40. The Balaban J connectivity index is 2.23. The van der Waals surface area contributed by atoms with Gasteiger partial charge in [-0.05, 0) is 19.8 Å². The molecule has 0 spiro atoms. The van der Waals surface area contributed by atoms with Gasteiger partial charge in [-0.1, -0.05) is 6.92 Å². The first kappa shape index (κ1) is 15.5. The van der Waals surface area contributed by atoms with Gasteiger partial charge in [0.15, 0.2) is 0 Å². The predicted octanol–water partition coefficient (Wildman–Crippen LogP) is 0.652. The quantitative estimate of drug-likeness (QED) is 0.850. The third-order valence-corrected chi connectivity index (χ3v) is 3.89. The molecule has 0 aliphatic carbocycles. The first-order valence-corrected chi connectivity index (χ1v) is 7.20. The highest BCUT2D eigenvalue weighted by molar-refractivity contribution is 5.97. The van der Waals surface area contributed by atoms with Crippen LogP contribution < -0.4 is 0 Å². The molecule has 1 amide bonds. The number of hydrogen-bond acceptors (Lipinski definition) is 4. The van der Waals surface area contributed by atoms with Crippen LogP contribution in [0.4, 0.5) is 0 Å². The van der Waals surface area contributed by atoms with Crippen molar-refractivity contribution in [1.82, 2.24) is 14.7 Å². The fourth-order valence-electron chi connectivity index (χ4n) is 2.67. The van der Waals surface area contributed by atoms with Crippen LogP contribution in [0.2, 0.25) is 0 Å². The van der Waals surface area contributed by atoms with Crippen LogP contribution in [0, 0.1) is 6.92 Å². The first-order valence-electron chi connectivity index (χ1n) is 7.20. The summed E-state index contributed by atoms with van der Waals surface area (Å²) in [5, 5.41) is 23.0. The van der Waals surface area contributed by atoms with Gasteiger partial charge in [0.1, 0.15) is 6.04 Å². The largest absolute Gasteiger partial charge is 0.480 e. The molecule has 1 aromatic heterocycles. The second kappa shape index (κ2) is 6.26. The van der Waals surface area contributed by atoms with Gasteiger partial charge in [-0.3, -0.25) is 9.48 Å². The number of rotatable bonds is 4. The Morgan fingerprint density at radius 2 is 2.19 bits per heavy atom. The minimum atomic E-state index is -1.08. The Morgan fingerprint density at radius 1 is 1.48 bits per heavy atom. The van der Waals surface area contributed by atoms with E-state index in [9.17, 15) is 19.8 Å². The highest BCUT2D eigenvalue weighted by Gasteiger charge is 2.36. The van der Waals surface area contributed by atoms with Crippen molar-refractivity contribution in [2.45, 2.75) is 51.8 Å². The molecule has 0 saturated carbocycles. The van der Waals surface area contributed by atoms with Crippen LogP contribution in [-0.2, 0) is 11.3 Å². The summed E-state index contributed by atoms with van der Waals surface area (Å²) in [5.74, 6) is -1.41. The lowest BCUT2D eigenvalue weighted by Gasteiger charge is -2.35. The number of carboxylic acid groups (broad SMARTS) is 1. The van der Waals surface area contributed by atoms with Crippen molar-refractivity contribution < 1.29 is 19.8 Å². The summed E-state index contributed by atoms with van der Waals surface area (Å²) in [6.07, 6.45) is 2.21. The predicted molar refractivity (Wildman–Crippen MR) is 75.0 cm³/mol. The summed E-state index contributed by atoms with van der Waals surface area (Å²) >= 11 is 0. The number of hydrogen-bond donors (Lipinski definition) is 2. The van der Waals surface area contributed by atoms with E-state index in [1.54, 1.807) is 4.68 Å². The van der Waals surface area contributed by atoms with Gasteiger partial charge in [0.2, 0.25) is 0 Å². The molecule has 7 nitrogen and oxygen atoms in total. The van der Waals surface area contributed by atoms with E-state index >= 15 is 0 Å². The van der Waals surface area contributed by atoms with Gasteiger partial charge in [0.25, 0.3) is 5.91 Å². The van der Waals surface area contributed by atoms with Gasteiger partial charge in [0, 0.05) is 25.2 Å². The highest BCUT2D eigenvalue weighted by atomic mass is 16.4. The SMILES string of the molecule is CCCn1ncc(C(=O)N2CC[C@H](O)C[C@@H]2C(=O)O)c1C. The van der Waals surface area contributed by atoms with E-state index < -0.39 is 18.1 Å². The minimum absolute atomic E-state index is 0.0726. The minimum Gasteiger partial charge on any atom is -0.480 e.